The molecule has 0 atom stereocenters. The number of fused-ring (bicyclic) bond motifs is 1. The molecule has 0 aliphatic carbocycles. The van der Waals surface area contributed by atoms with Gasteiger partial charge in [-0.05, 0) is 37.0 Å². The SMILES string of the molecule is Cc1sc2nc(NC(=O)/C=C/c3ccc(C(C)C)cc3)nn2c1C. The third-order valence-electron chi connectivity index (χ3n) is 3.91. The number of carbonyl (C=O) groups excluding carboxylic acids is 1. The molecule has 6 heteroatoms. The highest BCUT2D eigenvalue weighted by Gasteiger charge is 2.11. The van der Waals surface area contributed by atoms with Gasteiger partial charge in [0.05, 0.1) is 5.69 Å². The van der Waals surface area contributed by atoms with Crippen LogP contribution in [0.3, 0.4) is 0 Å². The predicted molar refractivity (Wildman–Crippen MR) is 98.5 cm³/mol. The number of hydrogen-bond acceptors (Lipinski definition) is 4. The number of nitrogens with one attached hydrogen (secondary N) is 1. The van der Waals surface area contributed by atoms with Crippen LogP contribution >= 0.6 is 11.3 Å². The summed E-state index contributed by atoms with van der Waals surface area (Å²) in [7, 11) is 0. The first-order chi connectivity index (χ1) is 11.4. The van der Waals surface area contributed by atoms with E-state index in [1.54, 1.807) is 21.9 Å². The van der Waals surface area contributed by atoms with E-state index < -0.39 is 0 Å². The van der Waals surface area contributed by atoms with E-state index in [1.165, 1.54) is 16.5 Å². The van der Waals surface area contributed by atoms with E-state index in [-0.39, 0.29) is 5.91 Å². The number of amides is 1. The van der Waals surface area contributed by atoms with Crippen molar-refractivity contribution in [2.45, 2.75) is 33.6 Å². The van der Waals surface area contributed by atoms with Crippen LogP contribution in [0.5, 0.6) is 0 Å². The number of nitrogens with zero attached hydrogens (tertiary/aromatic N) is 3. The average molecular weight is 340 g/mol. The monoisotopic (exact) mass is 340 g/mol. The van der Waals surface area contributed by atoms with Crippen molar-refractivity contribution in [1.29, 1.82) is 0 Å². The molecule has 3 aromatic rings. The first-order valence-corrected chi connectivity index (χ1v) is 8.67. The highest BCUT2D eigenvalue weighted by Crippen LogP contribution is 2.21. The molecule has 0 fully saturated rings. The van der Waals surface area contributed by atoms with Crippen LogP contribution in [-0.4, -0.2) is 20.5 Å². The van der Waals surface area contributed by atoms with E-state index in [0.29, 0.717) is 11.9 Å². The van der Waals surface area contributed by atoms with Crippen LogP contribution in [0.1, 0.15) is 41.5 Å². The summed E-state index contributed by atoms with van der Waals surface area (Å²) >= 11 is 1.56. The molecule has 0 spiro atoms. The number of anilines is 1. The third-order valence-corrected chi connectivity index (χ3v) is 4.96. The minimum atomic E-state index is -0.240. The highest BCUT2D eigenvalue weighted by molar-refractivity contribution is 7.17. The Morgan fingerprint density at radius 3 is 2.58 bits per heavy atom. The molecule has 1 amide bonds. The first kappa shape index (κ1) is 16.4. The number of benzene rings is 1. The summed E-state index contributed by atoms with van der Waals surface area (Å²) in [6.45, 7) is 8.33. The zero-order chi connectivity index (χ0) is 17.3. The Bertz CT molecular complexity index is 903. The van der Waals surface area contributed by atoms with Crippen molar-refractivity contribution in [2.75, 3.05) is 5.32 Å². The van der Waals surface area contributed by atoms with Gasteiger partial charge in [0.15, 0.2) is 0 Å². The molecule has 0 saturated heterocycles. The van der Waals surface area contributed by atoms with E-state index >= 15 is 0 Å². The predicted octanol–water partition coefficient (Wildman–Crippen LogP) is 4.18. The smallest absolute Gasteiger partial charge is 0.250 e. The molecular weight excluding hydrogens is 320 g/mol. The lowest BCUT2D eigenvalue weighted by Crippen LogP contribution is -2.09. The number of aryl methyl sites for hydroxylation is 2. The van der Waals surface area contributed by atoms with Crippen LogP contribution in [0.4, 0.5) is 5.95 Å². The molecule has 1 N–H and O–H groups in total. The topological polar surface area (TPSA) is 59.3 Å². The van der Waals surface area contributed by atoms with Gasteiger partial charge in [0.2, 0.25) is 4.96 Å². The van der Waals surface area contributed by atoms with Gasteiger partial charge in [0, 0.05) is 11.0 Å². The lowest BCUT2D eigenvalue weighted by molar-refractivity contribution is -0.111. The van der Waals surface area contributed by atoms with Crippen molar-refractivity contribution in [2.24, 2.45) is 0 Å². The molecule has 0 saturated carbocycles. The standard InChI is InChI=1S/C18H20N4OS/c1-11(2)15-8-5-14(6-9-15)7-10-16(23)19-17-20-18-22(21-17)12(3)13(4)24-18/h5-11H,1-4H3,(H,19,21,23)/b10-7+. The molecule has 124 valence electrons. The Labute approximate surface area is 145 Å². The third kappa shape index (κ3) is 3.38. The van der Waals surface area contributed by atoms with Gasteiger partial charge in [-0.25, -0.2) is 4.52 Å². The summed E-state index contributed by atoms with van der Waals surface area (Å²) in [5.74, 6) is 0.587. The molecule has 0 aliphatic heterocycles. The molecule has 3 rings (SSSR count). The van der Waals surface area contributed by atoms with Gasteiger partial charge in [-0.2, -0.15) is 4.98 Å². The molecule has 1 aromatic carbocycles. The average Bonchev–Trinajstić information content (AvgIpc) is 3.05. The lowest BCUT2D eigenvalue weighted by atomic mass is 10.0. The molecule has 0 aliphatic rings. The van der Waals surface area contributed by atoms with Gasteiger partial charge < -0.3 is 0 Å². The maximum absolute atomic E-state index is 12.0. The minimum absolute atomic E-state index is 0.240. The van der Waals surface area contributed by atoms with E-state index in [9.17, 15) is 4.79 Å². The largest absolute Gasteiger partial charge is 0.290 e. The number of thiazole rings is 1. The van der Waals surface area contributed by atoms with Crippen LogP contribution in [0, 0.1) is 13.8 Å². The number of aromatic nitrogens is 3. The van der Waals surface area contributed by atoms with E-state index in [1.807, 2.05) is 26.0 Å². The van der Waals surface area contributed by atoms with Crippen LogP contribution in [-0.2, 0) is 4.79 Å². The quantitative estimate of drug-likeness (QED) is 0.725. The lowest BCUT2D eigenvalue weighted by Gasteiger charge is -2.04. The molecule has 0 bridgehead atoms. The van der Waals surface area contributed by atoms with E-state index in [2.05, 4.69) is 41.4 Å². The number of hydrogen-bond donors (Lipinski definition) is 1. The van der Waals surface area contributed by atoms with E-state index in [0.717, 1.165) is 16.2 Å². The number of rotatable bonds is 4. The Kier molecular flexibility index (Phi) is 4.49. The Hall–Kier alpha value is -2.47. The molecule has 0 unspecified atom stereocenters. The van der Waals surface area contributed by atoms with Crippen molar-refractivity contribution in [3.8, 4) is 0 Å². The first-order valence-electron chi connectivity index (χ1n) is 7.86. The molecule has 24 heavy (non-hydrogen) atoms. The fourth-order valence-corrected chi connectivity index (χ4v) is 3.22. The Morgan fingerprint density at radius 2 is 1.96 bits per heavy atom. The zero-order valence-corrected chi connectivity index (χ0v) is 15.0. The second-order valence-corrected chi connectivity index (χ2v) is 7.20. The Balaban J connectivity index is 1.67. The maximum Gasteiger partial charge on any atom is 0.250 e. The summed E-state index contributed by atoms with van der Waals surface area (Å²) in [6.07, 6.45) is 3.28. The van der Waals surface area contributed by atoms with Crippen LogP contribution in [0.25, 0.3) is 11.0 Å². The van der Waals surface area contributed by atoms with Crippen LogP contribution in [0.2, 0.25) is 0 Å². The Morgan fingerprint density at radius 1 is 1.25 bits per heavy atom. The molecule has 0 radical (unpaired) electrons. The molecule has 2 heterocycles. The van der Waals surface area contributed by atoms with Gasteiger partial charge in [0.1, 0.15) is 0 Å². The van der Waals surface area contributed by atoms with Crippen molar-refractivity contribution >= 4 is 34.2 Å². The van der Waals surface area contributed by atoms with Crippen LogP contribution in [0.15, 0.2) is 30.3 Å². The molecule has 2 aromatic heterocycles. The normalized spacial score (nSPS) is 11.7. The van der Waals surface area contributed by atoms with Gasteiger partial charge in [-0.1, -0.05) is 49.4 Å². The van der Waals surface area contributed by atoms with Crippen molar-refractivity contribution < 1.29 is 4.79 Å². The number of carbonyl (C=O) groups is 1. The fourth-order valence-electron chi connectivity index (χ4n) is 2.31. The van der Waals surface area contributed by atoms with Gasteiger partial charge in [0.25, 0.3) is 11.9 Å². The van der Waals surface area contributed by atoms with Crippen molar-refractivity contribution in [1.82, 2.24) is 14.6 Å². The summed E-state index contributed by atoms with van der Waals surface area (Å²) < 4.78 is 1.75. The fraction of sp³-hybridized carbons (Fsp3) is 0.278. The second kappa shape index (κ2) is 6.57. The van der Waals surface area contributed by atoms with Crippen molar-refractivity contribution in [3.63, 3.8) is 0 Å². The summed E-state index contributed by atoms with van der Waals surface area (Å²) in [4.78, 5) is 18.3. The second-order valence-electron chi connectivity index (χ2n) is 6.02. The van der Waals surface area contributed by atoms with Crippen LogP contribution < -0.4 is 5.32 Å². The highest BCUT2D eigenvalue weighted by atomic mass is 32.1. The maximum atomic E-state index is 12.0. The van der Waals surface area contributed by atoms with Crippen molar-refractivity contribution in [3.05, 3.63) is 52.0 Å². The summed E-state index contributed by atoms with van der Waals surface area (Å²) in [6, 6.07) is 8.18. The zero-order valence-electron chi connectivity index (χ0n) is 14.2. The molecule has 5 nitrogen and oxygen atoms in total. The van der Waals surface area contributed by atoms with E-state index in [4.69, 9.17) is 0 Å². The van der Waals surface area contributed by atoms with Gasteiger partial charge in [-0.15, -0.1) is 5.10 Å². The summed E-state index contributed by atoms with van der Waals surface area (Å²) in [5.41, 5.74) is 3.31. The summed E-state index contributed by atoms with van der Waals surface area (Å²) in [5, 5.41) is 7.01. The minimum Gasteiger partial charge on any atom is -0.290 e. The van der Waals surface area contributed by atoms with Gasteiger partial charge >= 0.3 is 0 Å². The van der Waals surface area contributed by atoms with Gasteiger partial charge in [-0.3, -0.25) is 10.1 Å². The molecular formula is C18H20N4OS.